The second-order valence-corrected chi connectivity index (χ2v) is 4.97. The number of non-ortho nitro benzene ring substituents is 1. The lowest BCUT2D eigenvalue weighted by atomic mass is 10.2. The van der Waals surface area contributed by atoms with Crippen molar-refractivity contribution in [3.05, 3.63) is 64.5 Å². The van der Waals surface area contributed by atoms with E-state index in [-0.39, 0.29) is 25.3 Å². The van der Waals surface area contributed by atoms with E-state index in [4.69, 9.17) is 10.00 Å². The summed E-state index contributed by atoms with van der Waals surface area (Å²) in [6, 6.07) is 12.6. The smallest absolute Gasteiger partial charge is 0.269 e. The molecule has 0 saturated carbocycles. The highest BCUT2D eigenvalue weighted by Gasteiger charge is 2.16. The van der Waals surface area contributed by atoms with Crippen molar-refractivity contribution in [3.8, 4) is 11.8 Å². The highest BCUT2D eigenvalue weighted by Crippen LogP contribution is 2.19. The number of amides is 1. The molecule has 7 nitrogen and oxygen atoms in total. The molecule has 0 atom stereocenters. The average Bonchev–Trinajstić information content (AvgIpc) is 2.62. The zero-order valence-corrected chi connectivity index (χ0v) is 13.1. The van der Waals surface area contributed by atoms with Crippen molar-refractivity contribution >= 4 is 17.3 Å². The number of halogens is 1. The van der Waals surface area contributed by atoms with E-state index in [9.17, 15) is 19.3 Å². The predicted molar refractivity (Wildman–Crippen MR) is 87.6 cm³/mol. The molecule has 0 N–H and O–H groups in total. The molecule has 1 amide bonds. The molecule has 2 aromatic rings. The van der Waals surface area contributed by atoms with Crippen LogP contribution in [0.5, 0.6) is 5.75 Å². The van der Waals surface area contributed by atoms with Gasteiger partial charge in [-0.3, -0.25) is 14.9 Å². The van der Waals surface area contributed by atoms with Gasteiger partial charge in [-0.15, -0.1) is 0 Å². The summed E-state index contributed by atoms with van der Waals surface area (Å²) >= 11 is 0. The Hall–Kier alpha value is -3.47. The maximum Gasteiger partial charge on any atom is 0.269 e. The summed E-state index contributed by atoms with van der Waals surface area (Å²) in [5.41, 5.74) is 0.370. The molecular weight excluding hydrogens is 329 g/mol. The summed E-state index contributed by atoms with van der Waals surface area (Å²) in [6.07, 6.45) is 0.112. The van der Waals surface area contributed by atoms with Crippen LogP contribution in [0.2, 0.25) is 0 Å². The molecule has 25 heavy (non-hydrogen) atoms. The normalized spacial score (nSPS) is 9.92. The minimum Gasteiger partial charge on any atom is -0.484 e. The number of carbonyl (C=O) groups is 1. The monoisotopic (exact) mass is 343 g/mol. The molecule has 0 radical (unpaired) electrons. The lowest BCUT2D eigenvalue weighted by molar-refractivity contribution is -0.384. The molecule has 2 rings (SSSR count). The van der Waals surface area contributed by atoms with Gasteiger partial charge in [0.25, 0.3) is 11.6 Å². The molecule has 0 aromatic heterocycles. The third-order valence-corrected chi connectivity index (χ3v) is 3.30. The van der Waals surface area contributed by atoms with E-state index in [1.165, 1.54) is 53.4 Å². The Balaban J connectivity index is 2.04. The number of nitriles is 1. The Kier molecular flexibility index (Phi) is 6.01. The summed E-state index contributed by atoms with van der Waals surface area (Å²) in [5.74, 6) is -0.544. The number of hydrogen-bond acceptors (Lipinski definition) is 5. The first-order chi connectivity index (χ1) is 12.0. The zero-order valence-electron chi connectivity index (χ0n) is 13.1. The SMILES string of the molecule is N#CCCN(C(=O)COc1ccc([N+](=O)[O-])cc1)c1ccc(F)cc1. The summed E-state index contributed by atoms with van der Waals surface area (Å²) in [4.78, 5) is 23.8. The van der Waals surface area contributed by atoms with Gasteiger partial charge in [0.05, 0.1) is 17.4 Å². The zero-order chi connectivity index (χ0) is 18.2. The third-order valence-electron chi connectivity index (χ3n) is 3.30. The fraction of sp³-hybridized carbons (Fsp3) is 0.176. The van der Waals surface area contributed by atoms with Gasteiger partial charge in [0.15, 0.2) is 6.61 Å². The third kappa shape index (κ3) is 5.00. The van der Waals surface area contributed by atoms with E-state index >= 15 is 0 Å². The standard InChI is InChI=1S/C17H14FN3O4/c18-13-2-4-14(5-3-13)20(11-1-10-19)17(22)12-25-16-8-6-15(7-9-16)21(23)24/h2-9H,1,11-12H2. The van der Waals surface area contributed by atoms with Gasteiger partial charge in [-0.2, -0.15) is 5.26 Å². The van der Waals surface area contributed by atoms with Gasteiger partial charge in [-0.05, 0) is 36.4 Å². The first-order valence-corrected chi connectivity index (χ1v) is 7.31. The highest BCUT2D eigenvalue weighted by molar-refractivity contribution is 5.94. The van der Waals surface area contributed by atoms with Gasteiger partial charge in [-0.25, -0.2) is 4.39 Å². The Bertz CT molecular complexity index is 785. The highest BCUT2D eigenvalue weighted by atomic mass is 19.1. The van der Waals surface area contributed by atoms with Crippen molar-refractivity contribution in [1.82, 2.24) is 0 Å². The van der Waals surface area contributed by atoms with E-state index in [1.54, 1.807) is 0 Å². The summed E-state index contributed by atoms with van der Waals surface area (Å²) in [7, 11) is 0. The number of ether oxygens (including phenoxy) is 1. The molecule has 0 aliphatic heterocycles. The molecule has 0 saturated heterocycles. The second kappa shape index (κ2) is 8.40. The maximum atomic E-state index is 13.0. The minimum atomic E-state index is -0.535. The van der Waals surface area contributed by atoms with Crippen molar-refractivity contribution in [1.29, 1.82) is 5.26 Å². The van der Waals surface area contributed by atoms with Crippen molar-refractivity contribution in [3.63, 3.8) is 0 Å². The molecular formula is C17H14FN3O4. The second-order valence-electron chi connectivity index (χ2n) is 4.97. The Morgan fingerprint density at radius 3 is 2.40 bits per heavy atom. The molecule has 0 bridgehead atoms. The molecule has 8 heteroatoms. The number of hydrogen-bond donors (Lipinski definition) is 0. The lowest BCUT2D eigenvalue weighted by Gasteiger charge is -2.22. The molecule has 2 aromatic carbocycles. The van der Waals surface area contributed by atoms with Crippen molar-refractivity contribution < 1.29 is 18.8 Å². The largest absolute Gasteiger partial charge is 0.484 e. The van der Waals surface area contributed by atoms with Crippen LogP contribution in [0.25, 0.3) is 0 Å². The fourth-order valence-electron chi connectivity index (χ4n) is 2.07. The number of carbonyl (C=O) groups excluding carboxylic acids is 1. The van der Waals surface area contributed by atoms with E-state index in [0.29, 0.717) is 11.4 Å². The van der Waals surface area contributed by atoms with Crippen molar-refractivity contribution in [2.75, 3.05) is 18.1 Å². The molecule has 128 valence electrons. The van der Waals surface area contributed by atoms with Crippen LogP contribution in [0.4, 0.5) is 15.8 Å². The van der Waals surface area contributed by atoms with Gasteiger partial charge < -0.3 is 9.64 Å². The summed E-state index contributed by atoms with van der Waals surface area (Å²) in [5, 5.41) is 19.3. The quantitative estimate of drug-likeness (QED) is 0.568. The first-order valence-electron chi connectivity index (χ1n) is 7.31. The molecule has 0 spiro atoms. The topological polar surface area (TPSA) is 96.5 Å². The molecule has 0 aliphatic rings. The number of benzene rings is 2. The van der Waals surface area contributed by atoms with Gasteiger partial charge in [-0.1, -0.05) is 0 Å². The van der Waals surface area contributed by atoms with Crippen LogP contribution in [0.1, 0.15) is 6.42 Å². The molecule has 0 unspecified atom stereocenters. The van der Waals surface area contributed by atoms with Crippen molar-refractivity contribution in [2.24, 2.45) is 0 Å². The average molecular weight is 343 g/mol. The summed E-state index contributed by atoms with van der Waals surface area (Å²) < 4.78 is 18.4. The number of nitro groups is 1. The van der Waals surface area contributed by atoms with Crippen LogP contribution < -0.4 is 9.64 Å². The Labute approximate surface area is 143 Å². The van der Waals surface area contributed by atoms with Crippen molar-refractivity contribution in [2.45, 2.75) is 6.42 Å². The van der Waals surface area contributed by atoms with E-state index in [2.05, 4.69) is 0 Å². The van der Waals surface area contributed by atoms with Crippen LogP contribution >= 0.6 is 0 Å². The predicted octanol–water partition coefficient (Wildman–Crippen LogP) is 3.06. The first kappa shape index (κ1) is 17.9. The molecule has 0 heterocycles. The van der Waals surface area contributed by atoms with Gasteiger partial charge in [0.1, 0.15) is 11.6 Å². The van der Waals surface area contributed by atoms with Crippen LogP contribution in [0.15, 0.2) is 48.5 Å². The Morgan fingerprint density at radius 1 is 1.20 bits per heavy atom. The van der Waals surface area contributed by atoms with Gasteiger partial charge in [0.2, 0.25) is 0 Å². The molecule has 0 aliphatic carbocycles. The van der Waals surface area contributed by atoms with E-state index < -0.39 is 16.6 Å². The lowest BCUT2D eigenvalue weighted by Crippen LogP contribution is -2.35. The van der Waals surface area contributed by atoms with E-state index in [0.717, 1.165) is 0 Å². The summed E-state index contributed by atoms with van der Waals surface area (Å²) in [6.45, 7) is -0.175. The van der Waals surface area contributed by atoms with Crippen LogP contribution in [0, 0.1) is 27.3 Å². The van der Waals surface area contributed by atoms with Crippen LogP contribution in [-0.4, -0.2) is 24.0 Å². The number of anilines is 1. The van der Waals surface area contributed by atoms with Crippen LogP contribution in [-0.2, 0) is 4.79 Å². The number of nitrogens with zero attached hydrogens (tertiary/aromatic N) is 3. The minimum absolute atomic E-state index is 0.0827. The van der Waals surface area contributed by atoms with Gasteiger partial charge in [0, 0.05) is 24.4 Å². The molecule has 0 fully saturated rings. The number of rotatable bonds is 7. The maximum absolute atomic E-state index is 13.0. The van der Waals surface area contributed by atoms with E-state index in [1.807, 2.05) is 6.07 Å². The van der Waals surface area contributed by atoms with Gasteiger partial charge >= 0.3 is 0 Å². The Morgan fingerprint density at radius 2 is 1.84 bits per heavy atom. The number of nitro benzene ring substituents is 1. The fourth-order valence-corrected chi connectivity index (χ4v) is 2.07. The van der Waals surface area contributed by atoms with Crippen LogP contribution in [0.3, 0.4) is 0 Å².